The minimum atomic E-state index is -0.182. The summed E-state index contributed by atoms with van der Waals surface area (Å²) in [7, 11) is 0. The fourth-order valence-electron chi connectivity index (χ4n) is 2.70. The van der Waals surface area contributed by atoms with Crippen LogP contribution in [-0.4, -0.2) is 27.0 Å². The first-order valence-electron chi connectivity index (χ1n) is 7.76. The van der Waals surface area contributed by atoms with Crippen LogP contribution in [0.5, 0.6) is 5.75 Å². The molecule has 0 bridgehead atoms. The number of carbonyl (C=O) groups is 1. The number of benzene rings is 1. The topological polar surface area (TPSA) is 88.2 Å². The van der Waals surface area contributed by atoms with Gasteiger partial charge in [-0.05, 0) is 25.0 Å². The number of nitrogens with zero attached hydrogens (tertiary/aromatic N) is 2. The summed E-state index contributed by atoms with van der Waals surface area (Å²) in [5.74, 6) is 1.18. The summed E-state index contributed by atoms with van der Waals surface area (Å²) in [6, 6.07) is 6.44. The van der Waals surface area contributed by atoms with Crippen molar-refractivity contribution in [2.75, 3.05) is 11.1 Å². The van der Waals surface area contributed by atoms with Gasteiger partial charge in [-0.15, -0.1) is 10.2 Å². The highest BCUT2D eigenvalue weighted by molar-refractivity contribution is 7.99. The van der Waals surface area contributed by atoms with Crippen LogP contribution in [0, 0.1) is 0 Å². The molecule has 2 N–H and O–H groups in total. The number of aromatic nitrogens is 2. The van der Waals surface area contributed by atoms with Gasteiger partial charge in [0, 0.05) is 17.7 Å². The minimum absolute atomic E-state index is 0.115. The SMILES string of the molecule is O=C(CSc1nnc(C2CCCCC2)o1)Nc1cccc(O)c1. The van der Waals surface area contributed by atoms with Crippen molar-refractivity contribution in [3.63, 3.8) is 0 Å². The van der Waals surface area contributed by atoms with E-state index in [4.69, 9.17) is 4.42 Å². The van der Waals surface area contributed by atoms with Crippen LogP contribution in [-0.2, 0) is 4.79 Å². The lowest BCUT2D eigenvalue weighted by molar-refractivity contribution is -0.113. The van der Waals surface area contributed by atoms with Gasteiger partial charge in [0.2, 0.25) is 11.8 Å². The predicted molar refractivity (Wildman–Crippen MR) is 87.6 cm³/mol. The molecule has 0 aliphatic heterocycles. The Morgan fingerprint density at radius 2 is 2.13 bits per heavy atom. The molecule has 7 heteroatoms. The van der Waals surface area contributed by atoms with Crippen molar-refractivity contribution in [2.45, 2.75) is 43.2 Å². The highest BCUT2D eigenvalue weighted by Gasteiger charge is 2.21. The van der Waals surface area contributed by atoms with Gasteiger partial charge >= 0.3 is 0 Å². The van der Waals surface area contributed by atoms with E-state index in [-0.39, 0.29) is 17.4 Å². The second-order valence-corrected chi connectivity index (χ2v) is 6.55. The van der Waals surface area contributed by atoms with E-state index in [9.17, 15) is 9.90 Å². The third kappa shape index (κ3) is 4.48. The standard InChI is InChI=1S/C16H19N3O3S/c20-13-8-4-7-12(9-13)17-14(21)10-23-16-19-18-15(22-16)11-5-2-1-3-6-11/h4,7-9,11,20H,1-3,5-6,10H2,(H,17,21). The molecular weight excluding hydrogens is 314 g/mol. The lowest BCUT2D eigenvalue weighted by atomic mass is 9.89. The van der Waals surface area contributed by atoms with Crippen LogP contribution in [0.3, 0.4) is 0 Å². The van der Waals surface area contributed by atoms with Gasteiger partial charge in [0.1, 0.15) is 5.75 Å². The molecule has 1 saturated carbocycles. The molecule has 0 saturated heterocycles. The van der Waals surface area contributed by atoms with Gasteiger partial charge in [0.15, 0.2) is 0 Å². The third-order valence-electron chi connectivity index (χ3n) is 3.83. The Bertz CT molecular complexity index is 668. The largest absolute Gasteiger partial charge is 0.508 e. The number of nitrogens with one attached hydrogen (secondary N) is 1. The lowest BCUT2D eigenvalue weighted by Gasteiger charge is -2.17. The molecule has 0 radical (unpaired) electrons. The van der Waals surface area contributed by atoms with E-state index in [1.165, 1.54) is 37.1 Å². The zero-order chi connectivity index (χ0) is 16.1. The molecule has 1 heterocycles. The minimum Gasteiger partial charge on any atom is -0.508 e. The van der Waals surface area contributed by atoms with Crippen molar-refractivity contribution in [3.8, 4) is 5.75 Å². The molecule has 0 atom stereocenters. The van der Waals surface area contributed by atoms with Crippen molar-refractivity contribution >= 4 is 23.4 Å². The first-order chi connectivity index (χ1) is 11.2. The molecule has 0 spiro atoms. The van der Waals surface area contributed by atoms with Crippen molar-refractivity contribution in [1.82, 2.24) is 10.2 Å². The monoisotopic (exact) mass is 333 g/mol. The van der Waals surface area contributed by atoms with Crippen molar-refractivity contribution in [1.29, 1.82) is 0 Å². The van der Waals surface area contributed by atoms with E-state index in [0.29, 0.717) is 22.7 Å². The van der Waals surface area contributed by atoms with E-state index in [1.807, 2.05) is 0 Å². The van der Waals surface area contributed by atoms with E-state index >= 15 is 0 Å². The summed E-state index contributed by atoms with van der Waals surface area (Å²) < 4.78 is 5.66. The Balaban J connectivity index is 1.50. The number of phenolic OH excluding ortho intramolecular Hbond substituents is 1. The average molecular weight is 333 g/mol. The normalized spacial score (nSPS) is 15.5. The molecule has 1 aromatic carbocycles. The van der Waals surface area contributed by atoms with Crippen molar-refractivity contribution in [2.24, 2.45) is 0 Å². The van der Waals surface area contributed by atoms with Crippen LogP contribution >= 0.6 is 11.8 Å². The van der Waals surface area contributed by atoms with Crippen LogP contribution in [0.1, 0.15) is 43.9 Å². The van der Waals surface area contributed by atoms with Crippen LogP contribution < -0.4 is 5.32 Å². The second-order valence-electron chi connectivity index (χ2n) is 5.63. The molecule has 0 unspecified atom stereocenters. The highest BCUT2D eigenvalue weighted by atomic mass is 32.2. The molecule has 1 aliphatic rings. The summed E-state index contributed by atoms with van der Waals surface area (Å²) in [6.45, 7) is 0. The molecular formula is C16H19N3O3S. The summed E-state index contributed by atoms with van der Waals surface area (Å²) in [5, 5.41) is 20.6. The van der Waals surface area contributed by atoms with Crippen LogP contribution in [0.4, 0.5) is 5.69 Å². The molecule has 1 fully saturated rings. The van der Waals surface area contributed by atoms with Crippen LogP contribution in [0.15, 0.2) is 33.9 Å². The Morgan fingerprint density at radius 1 is 1.30 bits per heavy atom. The van der Waals surface area contributed by atoms with Crippen molar-refractivity contribution in [3.05, 3.63) is 30.2 Å². The zero-order valence-corrected chi connectivity index (χ0v) is 13.5. The van der Waals surface area contributed by atoms with Gasteiger partial charge in [-0.3, -0.25) is 4.79 Å². The number of rotatable bonds is 5. The van der Waals surface area contributed by atoms with E-state index < -0.39 is 0 Å². The molecule has 6 nitrogen and oxygen atoms in total. The smallest absolute Gasteiger partial charge is 0.277 e. The average Bonchev–Trinajstić information content (AvgIpc) is 3.03. The number of aromatic hydroxyl groups is 1. The summed E-state index contributed by atoms with van der Waals surface area (Å²) >= 11 is 1.22. The fourth-order valence-corrected chi connectivity index (χ4v) is 3.27. The number of carbonyl (C=O) groups excluding carboxylic acids is 1. The van der Waals surface area contributed by atoms with E-state index in [1.54, 1.807) is 18.2 Å². The highest BCUT2D eigenvalue weighted by Crippen LogP contribution is 2.32. The predicted octanol–water partition coefficient (Wildman–Crippen LogP) is 3.55. The molecule has 3 rings (SSSR count). The van der Waals surface area contributed by atoms with Gasteiger partial charge in [-0.1, -0.05) is 37.1 Å². The molecule has 1 aromatic heterocycles. The van der Waals surface area contributed by atoms with Crippen LogP contribution in [0.25, 0.3) is 0 Å². The molecule has 122 valence electrons. The summed E-state index contributed by atoms with van der Waals surface area (Å²) in [4.78, 5) is 11.9. The van der Waals surface area contributed by atoms with Crippen molar-refractivity contribution < 1.29 is 14.3 Å². The van der Waals surface area contributed by atoms with Gasteiger partial charge in [-0.2, -0.15) is 0 Å². The Hall–Kier alpha value is -2.02. The van der Waals surface area contributed by atoms with E-state index in [0.717, 1.165) is 12.8 Å². The molecule has 1 amide bonds. The second kappa shape index (κ2) is 7.50. The van der Waals surface area contributed by atoms with Gasteiger partial charge < -0.3 is 14.8 Å². The maximum atomic E-state index is 11.9. The maximum absolute atomic E-state index is 11.9. The molecule has 1 aliphatic carbocycles. The third-order valence-corrected chi connectivity index (χ3v) is 4.65. The molecule has 2 aromatic rings. The quantitative estimate of drug-likeness (QED) is 0.814. The van der Waals surface area contributed by atoms with Gasteiger partial charge in [0.05, 0.1) is 5.75 Å². The van der Waals surface area contributed by atoms with Gasteiger partial charge in [-0.25, -0.2) is 0 Å². The number of hydrogen-bond acceptors (Lipinski definition) is 6. The number of thioether (sulfide) groups is 1. The molecule has 23 heavy (non-hydrogen) atoms. The summed E-state index contributed by atoms with van der Waals surface area (Å²) in [5.41, 5.74) is 0.559. The van der Waals surface area contributed by atoms with Gasteiger partial charge in [0.25, 0.3) is 5.22 Å². The Kier molecular flexibility index (Phi) is 5.17. The first kappa shape index (κ1) is 15.9. The first-order valence-corrected chi connectivity index (χ1v) is 8.74. The zero-order valence-electron chi connectivity index (χ0n) is 12.7. The summed E-state index contributed by atoms with van der Waals surface area (Å²) in [6.07, 6.45) is 5.90. The Labute approximate surface area is 138 Å². The number of amides is 1. The number of hydrogen-bond donors (Lipinski definition) is 2. The lowest BCUT2D eigenvalue weighted by Crippen LogP contribution is -2.13. The van der Waals surface area contributed by atoms with E-state index in [2.05, 4.69) is 15.5 Å². The van der Waals surface area contributed by atoms with Crippen LogP contribution in [0.2, 0.25) is 0 Å². The fraction of sp³-hybridized carbons (Fsp3) is 0.438. The Morgan fingerprint density at radius 3 is 2.91 bits per heavy atom. The number of phenols is 1. The maximum Gasteiger partial charge on any atom is 0.277 e. The number of anilines is 1.